The summed E-state index contributed by atoms with van der Waals surface area (Å²) in [6.07, 6.45) is 1.28. The molecule has 0 aromatic heterocycles. The van der Waals surface area contributed by atoms with Crippen molar-refractivity contribution in [3.63, 3.8) is 0 Å². The van der Waals surface area contributed by atoms with E-state index in [0.29, 0.717) is 6.04 Å². The highest BCUT2D eigenvalue weighted by Crippen LogP contribution is 2.31. The quantitative estimate of drug-likeness (QED) is 0.754. The molecular weight excluding hydrogens is 170 g/mol. The van der Waals surface area contributed by atoms with Crippen LogP contribution in [-0.2, 0) is 0 Å². The summed E-state index contributed by atoms with van der Waals surface area (Å²) in [5.74, 6) is 1.44. The number of hydrogen-bond donors (Lipinski definition) is 1. The first-order valence-corrected chi connectivity index (χ1v) is 5.57. The molecule has 1 aromatic rings. The number of benzene rings is 1. The summed E-state index contributed by atoms with van der Waals surface area (Å²) in [7, 11) is 0. The predicted octanol–water partition coefficient (Wildman–Crippen LogP) is 2.79. The molecule has 0 saturated carbocycles. The third kappa shape index (κ3) is 1.83. The van der Waals surface area contributed by atoms with Gasteiger partial charge in [-0.05, 0) is 24.4 Å². The zero-order valence-electron chi connectivity index (χ0n) is 9.03. The summed E-state index contributed by atoms with van der Waals surface area (Å²) >= 11 is 0. The average molecular weight is 189 g/mol. The molecule has 1 N–H and O–H groups in total. The Labute approximate surface area is 86.5 Å². The Bertz CT molecular complexity index is 279. The van der Waals surface area contributed by atoms with Crippen molar-refractivity contribution in [1.29, 1.82) is 0 Å². The van der Waals surface area contributed by atoms with Crippen LogP contribution in [0.1, 0.15) is 31.7 Å². The van der Waals surface area contributed by atoms with Crippen LogP contribution in [0.25, 0.3) is 0 Å². The molecule has 1 heteroatoms. The number of nitrogens with one attached hydrogen (secondary N) is 1. The van der Waals surface area contributed by atoms with E-state index in [2.05, 4.69) is 49.5 Å². The van der Waals surface area contributed by atoms with E-state index in [1.807, 2.05) is 0 Å². The molecule has 2 atom stereocenters. The van der Waals surface area contributed by atoms with Crippen LogP contribution in [0.3, 0.4) is 0 Å². The largest absolute Gasteiger partial charge is 0.313 e. The van der Waals surface area contributed by atoms with E-state index < -0.39 is 0 Å². The highest BCUT2D eigenvalue weighted by atomic mass is 15.0. The predicted molar refractivity (Wildman–Crippen MR) is 60.4 cm³/mol. The molecule has 0 spiro atoms. The molecule has 0 bridgehead atoms. The van der Waals surface area contributed by atoms with Gasteiger partial charge in [0.15, 0.2) is 0 Å². The third-order valence-corrected chi connectivity index (χ3v) is 3.21. The van der Waals surface area contributed by atoms with E-state index in [4.69, 9.17) is 0 Å². The lowest BCUT2D eigenvalue weighted by Gasteiger charge is -2.23. The van der Waals surface area contributed by atoms with Gasteiger partial charge in [-0.2, -0.15) is 0 Å². The van der Waals surface area contributed by atoms with E-state index in [9.17, 15) is 0 Å². The molecule has 0 aliphatic carbocycles. The van der Waals surface area contributed by atoms with Gasteiger partial charge in [-0.1, -0.05) is 44.2 Å². The summed E-state index contributed by atoms with van der Waals surface area (Å²) in [5, 5.41) is 3.60. The molecule has 14 heavy (non-hydrogen) atoms. The monoisotopic (exact) mass is 189 g/mol. The van der Waals surface area contributed by atoms with Gasteiger partial charge in [0.1, 0.15) is 0 Å². The molecule has 1 aliphatic heterocycles. The topological polar surface area (TPSA) is 12.0 Å². The third-order valence-electron chi connectivity index (χ3n) is 3.21. The van der Waals surface area contributed by atoms with Crippen LogP contribution in [0.4, 0.5) is 0 Å². The number of hydrogen-bond acceptors (Lipinski definition) is 1. The molecule has 1 nitrogen and oxygen atoms in total. The Morgan fingerprint density at radius 1 is 1.21 bits per heavy atom. The molecule has 1 heterocycles. The molecule has 2 rings (SSSR count). The zero-order valence-corrected chi connectivity index (χ0v) is 9.03. The van der Waals surface area contributed by atoms with E-state index in [1.165, 1.54) is 18.5 Å². The Kier molecular flexibility index (Phi) is 2.87. The molecule has 1 aromatic carbocycles. The van der Waals surface area contributed by atoms with Crippen molar-refractivity contribution in [1.82, 2.24) is 5.32 Å². The minimum atomic E-state index is 0.664. The fourth-order valence-electron chi connectivity index (χ4n) is 2.50. The van der Waals surface area contributed by atoms with Crippen LogP contribution in [-0.4, -0.2) is 12.6 Å². The normalized spacial score (nSPS) is 27.1. The zero-order chi connectivity index (χ0) is 9.97. The van der Waals surface area contributed by atoms with Crippen LogP contribution >= 0.6 is 0 Å². The van der Waals surface area contributed by atoms with Crippen LogP contribution in [0.5, 0.6) is 0 Å². The Hall–Kier alpha value is -0.820. The average Bonchev–Trinajstić information content (AvgIpc) is 2.67. The Morgan fingerprint density at radius 2 is 1.93 bits per heavy atom. The maximum atomic E-state index is 3.60. The molecule has 1 fully saturated rings. The van der Waals surface area contributed by atoms with Crippen molar-refractivity contribution in [2.45, 2.75) is 32.2 Å². The van der Waals surface area contributed by atoms with Gasteiger partial charge in [0, 0.05) is 12.0 Å². The van der Waals surface area contributed by atoms with E-state index >= 15 is 0 Å². The fraction of sp³-hybridized carbons (Fsp3) is 0.538. The van der Waals surface area contributed by atoms with Gasteiger partial charge < -0.3 is 5.32 Å². The first-order chi connectivity index (χ1) is 6.79. The first-order valence-electron chi connectivity index (χ1n) is 5.57. The summed E-state index contributed by atoms with van der Waals surface area (Å²) in [4.78, 5) is 0. The van der Waals surface area contributed by atoms with Crippen molar-refractivity contribution in [3.8, 4) is 0 Å². The van der Waals surface area contributed by atoms with Crippen molar-refractivity contribution in [2.75, 3.05) is 6.54 Å². The summed E-state index contributed by atoms with van der Waals surface area (Å²) < 4.78 is 0. The fourth-order valence-corrected chi connectivity index (χ4v) is 2.50. The van der Waals surface area contributed by atoms with Gasteiger partial charge in [0.2, 0.25) is 0 Å². The maximum Gasteiger partial charge on any atom is 0.0159 e. The maximum absolute atomic E-state index is 3.60. The lowest BCUT2D eigenvalue weighted by Crippen LogP contribution is -2.31. The minimum Gasteiger partial charge on any atom is -0.313 e. The van der Waals surface area contributed by atoms with Crippen molar-refractivity contribution in [2.24, 2.45) is 5.92 Å². The molecule has 0 unspecified atom stereocenters. The molecule has 1 aliphatic rings. The molecule has 1 saturated heterocycles. The second kappa shape index (κ2) is 4.14. The summed E-state index contributed by atoms with van der Waals surface area (Å²) in [6.45, 7) is 5.78. The lowest BCUT2D eigenvalue weighted by molar-refractivity contribution is 0.416. The minimum absolute atomic E-state index is 0.664. The van der Waals surface area contributed by atoms with Crippen LogP contribution in [0, 0.1) is 5.92 Å². The SMILES string of the molecule is CC(C)[C@H]1NCC[C@@H]1c1ccccc1. The van der Waals surface area contributed by atoms with E-state index in [0.717, 1.165) is 11.8 Å². The van der Waals surface area contributed by atoms with Crippen molar-refractivity contribution >= 4 is 0 Å². The highest BCUT2D eigenvalue weighted by molar-refractivity contribution is 5.22. The second-order valence-corrected chi connectivity index (χ2v) is 4.53. The lowest BCUT2D eigenvalue weighted by atomic mass is 9.86. The standard InChI is InChI=1S/C13H19N/c1-10(2)13-12(8-9-14-13)11-6-4-3-5-7-11/h3-7,10,12-14H,8-9H2,1-2H3/t12-,13-/m1/s1. The first kappa shape index (κ1) is 9.72. The molecule has 0 radical (unpaired) electrons. The molecule has 0 amide bonds. The van der Waals surface area contributed by atoms with Crippen LogP contribution in [0.15, 0.2) is 30.3 Å². The summed E-state index contributed by atoms with van der Waals surface area (Å²) in [6, 6.07) is 11.6. The van der Waals surface area contributed by atoms with Gasteiger partial charge in [0.05, 0.1) is 0 Å². The van der Waals surface area contributed by atoms with Gasteiger partial charge in [-0.3, -0.25) is 0 Å². The Balaban J connectivity index is 2.18. The van der Waals surface area contributed by atoms with Crippen molar-refractivity contribution < 1.29 is 0 Å². The Morgan fingerprint density at radius 3 is 2.57 bits per heavy atom. The van der Waals surface area contributed by atoms with Gasteiger partial charge >= 0.3 is 0 Å². The van der Waals surface area contributed by atoms with E-state index in [1.54, 1.807) is 0 Å². The molecule has 76 valence electrons. The number of rotatable bonds is 2. The van der Waals surface area contributed by atoms with Gasteiger partial charge in [-0.15, -0.1) is 0 Å². The summed E-state index contributed by atoms with van der Waals surface area (Å²) in [5.41, 5.74) is 1.50. The van der Waals surface area contributed by atoms with E-state index in [-0.39, 0.29) is 0 Å². The second-order valence-electron chi connectivity index (χ2n) is 4.53. The smallest absolute Gasteiger partial charge is 0.0159 e. The van der Waals surface area contributed by atoms with Crippen molar-refractivity contribution in [3.05, 3.63) is 35.9 Å². The highest BCUT2D eigenvalue weighted by Gasteiger charge is 2.29. The van der Waals surface area contributed by atoms with Crippen LogP contribution in [0.2, 0.25) is 0 Å². The van der Waals surface area contributed by atoms with Gasteiger partial charge in [-0.25, -0.2) is 0 Å². The molecular formula is C13H19N. The van der Waals surface area contributed by atoms with Crippen LogP contribution < -0.4 is 5.32 Å². The van der Waals surface area contributed by atoms with Gasteiger partial charge in [0.25, 0.3) is 0 Å².